The Kier molecular flexibility index (Phi) is 7.02. The number of sulfonamides is 1. The Bertz CT molecular complexity index is 1290. The molecule has 3 aromatic rings. The monoisotopic (exact) mass is 512 g/mol. The summed E-state index contributed by atoms with van der Waals surface area (Å²) in [5.41, 5.74) is 2.84. The molecule has 0 unspecified atom stereocenters. The molecule has 0 aliphatic heterocycles. The van der Waals surface area contributed by atoms with Crippen LogP contribution in [0, 0.1) is 0 Å². The van der Waals surface area contributed by atoms with E-state index in [0.29, 0.717) is 23.9 Å². The van der Waals surface area contributed by atoms with Gasteiger partial charge in [-0.05, 0) is 57.9 Å². The predicted octanol–water partition coefficient (Wildman–Crippen LogP) is 3.47. The van der Waals surface area contributed by atoms with Gasteiger partial charge in [0.25, 0.3) is 10.0 Å². The summed E-state index contributed by atoms with van der Waals surface area (Å²) in [6.45, 7) is 1.41. The number of rotatable bonds is 7. The molecule has 0 amide bonds. The second-order valence-electron chi connectivity index (χ2n) is 8.82. The Morgan fingerprint density at radius 3 is 2.49 bits per heavy atom. The van der Waals surface area contributed by atoms with Crippen LogP contribution in [-0.2, 0) is 10.0 Å². The van der Waals surface area contributed by atoms with Crippen molar-refractivity contribution in [1.29, 1.82) is 0 Å². The first-order valence-corrected chi connectivity index (χ1v) is 12.7. The molecule has 3 N–H and O–H groups in total. The number of hydrogen-bond donors (Lipinski definition) is 3. The SMILES string of the molecule is CNS(=O)(=O)c1ccc(-c2cc([C@H]3CC[C@H](O)CC3)n3nc(N[C@@H](C)CC(F)(F)F)ncc23)cn1. The number of halogens is 3. The fourth-order valence-electron chi connectivity index (χ4n) is 4.40. The maximum atomic E-state index is 12.8. The number of pyridine rings is 1. The van der Waals surface area contributed by atoms with Gasteiger partial charge in [-0.15, -0.1) is 5.10 Å². The van der Waals surface area contributed by atoms with Gasteiger partial charge in [0.15, 0.2) is 5.03 Å². The number of alkyl halides is 3. The average molecular weight is 513 g/mol. The fraction of sp³-hybridized carbons (Fsp3) is 0.500. The quantitative estimate of drug-likeness (QED) is 0.443. The van der Waals surface area contributed by atoms with Crippen LogP contribution < -0.4 is 10.0 Å². The van der Waals surface area contributed by atoms with Gasteiger partial charge in [-0.2, -0.15) is 13.2 Å². The molecule has 13 heteroatoms. The zero-order chi connectivity index (χ0) is 25.4. The number of hydrogen-bond acceptors (Lipinski definition) is 7. The summed E-state index contributed by atoms with van der Waals surface area (Å²) in [7, 11) is -2.39. The first-order chi connectivity index (χ1) is 16.5. The van der Waals surface area contributed by atoms with Gasteiger partial charge in [0.1, 0.15) is 0 Å². The third kappa shape index (κ3) is 5.73. The van der Waals surface area contributed by atoms with Crippen LogP contribution in [0.3, 0.4) is 0 Å². The van der Waals surface area contributed by atoms with Gasteiger partial charge in [0, 0.05) is 35.0 Å². The smallest absolute Gasteiger partial charge is 0.391 e. The second kappa shape index (κ2) is 9.70. The van der Waals surface area contributed by atoms with E-state index in [2.05, 4.69) is 25.1 Å². The minimum Gasteiger partial charge on any atom is -0.393 e. The van der Waals surface area contributed by atoms with Crippen LogP contribution in [0.1, 0.15) is 50.6 Å². The van der Waals surface area contributed by atoms with Crippen molar-refractivity contribution >= 4 is 21.5 Å². The third-order valence-electron chi connectivity index (χ3n) is 6.16. The molecule has 0 aromatic carbocycles. The Labute approximate surface area is 200 Å². The molecule has 0 bridgehead atoms. The average Bonchev–Trinajstić information content (AvgIpc) is 3.17. The van der Waals surface area contributed by atoms with Crippen molar-refractivity contribution in [1.82, 2.24) is 24.3 Å². The number of aliphatic hydroxyl groups excluding tert-OH is 1. The molecule has 35 heavy (non-hydrogen) atoms. The highest BCUT2D eigenvalue weighted by Gasteiger charge is 2.31. The van der Waals surface area contributed by atoms with Crippen LogP contribution in [0.25, 0.3) is 16.6 Å². The largest absolute Gasteiger partial charge is 0.393 e. The van der Waals surface area contributed by atoms with Crippen LogP contribution in [0.15, 0.2) is 35.6 Å². The highest BCUT2D eigenvalue weighted by Crippen LogP contribution is 2.37. The molecule has 1 saturated carbocycles. The lowest BCUT2D eigenvalue weighted by Gasteiger charge is -2.25. The first kappa shape index (κ1) is 25.3. The summed E-state index contributed by atoms with van der Waals surface area (Å²) in [5, 5.41) is 17.0. The van der Waals surface area contributed by atoms with Gasteiger partial charge >= 0.3 is 6.18 Å². The number of fused-ring (bicyclic) bond motifs is 1. The number of aliphatic hydroxyl groups is 1. The summed E-state index contributed by atoms with van der Waals surface area (Å²) in [6, 6.07) is 4.05. The Morgan fingerprint density at radius 1 is 1.17 bits per heavy atom. The second-order valence-corrected chi connectivity index (χ2v) is 10.7. The predicted molar refractivity (Wildman–Crippen MR) is 123 cm³/mol. The summed E-state index contributed by atoms with van der Waals surface area (Å²) in [5.74, 6) is 0.161. The van der Waals surface area contributed by atoms with Gasteiger partial charge in [0.2, 0.25) is 5.95 Å². The van der Waals surface area contributed by atoms with E-state index in [0.717, 1.165) is 24.1 Å². The van der Waals surface area contributed by atoms with Crippen molar-refractivity contribution in [2.45, 2.75) is 68.3 Å². The number of nitrogens with zero attached hydrogens (tertiary/aromatic N) is 4. The van der Waals surface area contributed by atoms with E-state index in [4.69, 9.17) is 0 Å². The molecule has 0 spiro atoms. The van der Waals surface area contributed by atoms with Gasteiger partial charge in [-0.1, -0.05) is 0 Å². The van der Waals surface area contributed by atoms with Crippen molar-refractivity contribution in [3.63, 3.8) is 0 Å². The molecule has 1 aliphatic carbocycles. The molecule has 9 nitrogen and oxygen atoms in total. The normalized spacial score (nSPS) is 20.2. The van der Waals surface area contributed by atoms with Gasteiger partial charge in [-0.25, -0.2) is 27.6 Å². The van der Waals surface area contributed by atoms with Crippen LogP contribution in [0.2, 0.25) is 0 Å². The number of nitrogens with one attached hydrogen (secondary N) is 2. The Balaban J connectivity index is 1.74. The van der Waals surface area contributed by atoms with Crippen LogP contribution in [-0.4, -0.2) is 58.5 Å². The van der Waals surface area contributed by atoms with Gasteiger partial charge < -0.3 is 10.4 Å². The molecule has 3 heterocycles. The zero-order valence-electron chi connectivity index (χ0n) is 19.2. The van der Waals surface area contributed by atoms with E-state index in [1.54, 1.807) is 10.6 Å². The lowest BCUT2D eigenvalue weighted by Crippen LogP contribution is -2.25. The van der Waals surface area contributed by atoms with Crippen molar-refractivity contribution in [2.75, 3.05) is 12.4 Å². The van der Waals surface area contributed by atoms with Crippen LogP contribution in [0.5, 0.6) is 0 Å². The first-order valence-electron chi connectivity index (χ1n) is 11.3. The summed E-state index contributed by atoms with van der Waals surface area (Å²) in [6.07, 6.45) is 0.0584. The molecule has 1 aliphatic rings. The van der Waals surface area contributed by atoms with E-state index in [-0.39, 0.29) is 23.0 Å². The fourth-order valence-corrected chi connectivity index (χ4v) is 5.04. The van der Waals surface area contributed by atoms with Gasteiger partial charge in [0.05, 0.1) is 24.2 Å². The number of aromatic nitrogens is 4. The molecule has 190 valence electrons. The highest BCUT2D eigenvalue weighted by molar-refractivity contribution is 7.89. The van der Waals surface area contributed by atoms with Crippen LogP contribution in [0.4, 0.5) is 19.1 Å². The van der Waals surface area contributed by atoms with E-state index < -0.39 is 28.7 Å². The maximum Gasteiger partial charge on any atom is 0.391 e. The topological polar surface area (TPSA) is 122 Å². The zero-order valence-corrected chi connectivity index (χ0v) is 20.1. The van der Waals surface area contributed by atoms with Crippen molar-refractivity contribution in [3.05, 3.63) is 36.3 Å². The van der Waals surface area contributed by atoms with E-state index >= 15 is 0 Å². The standard InChI is InChI=1S/C22H27F3N6O3S/c1-13(10-22(23,24)25)29-21-28-12-19-17(15-5-8-20(27-11-15)35(33,34)26-2)9-18(31(19)30-21)14-3-6-16(32)7-4-14/h5,8-9,11-14,16,26,32H,3-4,6-7,10H2,1-2H3,(H,29,30)/t13-,14-,16-/m0/s1. The van der Waals surface area contributed by atoms with E-state index in [1.165, 1.54) is 32.4 Å². The molecule has 0 radical (unpaired) electrons. The summed E-state index contributed by atoms with van der Waals surface area (Å²) >= 11 is 0. The molecule has 1 atom stereocenters. The van der Waals surface area contributed by atoms with Crippen LogP contribution >= 0.6 is 0 Å². The molecule has 4 rings (SSSR count). The summed E-state index contributed by atoms with van der Waals surface area (Å²) in [4.78, 5) is 8.30. The molecular formula is C22H27F3N6O3S. The minimum atomic E-state index is -4.31. The lowest BCUT2D eigenvalue weighted by molar-refractivity contribution is -0.136. The summed E-state index contributed by atoms with van der Waals surface area (Å²) < 4.78 is 66.2. The van der Waals surface area contributed by atoms with Crippen molar-refractivity contribution < 1.29 is 26.7 Å². The van der Waals surface area contributed by atoms with Crippen molar-refractivity contribution in [3.8, 4) is 11.1 Å². The molecular weight excluding hydrogens is 485 g/mol. The van der Waals surface area contributed by atoms with Crippen molar-refractivity contribution in [2.24, 2.45) is 0 Å². The Hall–Kier alpha value is -2.77. The van der Waals surface area contributed by atoms with E-state index in [9.17, 15) is 26.7 Å². The number of anilines is 1. The lowest BCUT2D eigenvalue weighted by atomic mass is 9.85. The maximum absolute atomic E-state index is 12.8. The third-order valence-corrected chi connectivity index (χ3v) is 7.49. The van der Waals surface area contributed by atoms with E-state index in [1.807, 2.05) is 6.07 Å². The van der Waals surface area contributed by atoms with Gasteiger partial charge in [-0.3, -0.25) is 0 Å². The molecule has 3 aromatic heterocycles. The minimum absolute atomic E-state index is 0.0714. The Morgan fingerprint density at radius 2 is 1.89 bits per heavy atom. The molecule has 0 saturated heterocycles. The highest BCUT2D eigenvalue weighted by atomic mass is 32.2. The molecule has 1 fully saturated rings.